The van der Waals surface area contributed by atoms with Crippen LogP contribution in [0.25, 0.3) is 0 Å². The minimum atomic E-state index is -0.611. The van der Waals surface area contributed by atoms with Gasteiger partial charge in [0.05, 0.1) is 12.0 Å². The quantitative estimate of drug-likeness (QED) is 0.507. The smallest absolute Gasteiger partial charge is 0.356 e. The van der Waals surface area contributed by atoms with Crippen LogP contribution in [0.5, 0.6) is 0 Å². The largest absolute Gasteiger partial charge is 0.464 e. The zero-order valence-electron chi connectivity index (χ0n) is 11.7. The van der Waals surface area contributed by atoms with Crippen molar-refractivity contribution in [1.29, 1.82) is 0 Å². The molecule has 1 saturated heterocycles. The highest BCUT2D eigenvalue weighted by Crippen LogP contribution is 2.27. The molecule has 0 saturated carbocycles. The van der Waals surface area contributed by atoms with Crippen LogP contribution < -0.4 is 5.32 Å². The number of esters is 1. The van der Waals surface area contributed by atoms with Crippen molar-refractivity contribution in [2.24, 2.45) is 0 Å². The van der Waals surface area contributed by atoms with E-state index >= 15 is 0 Å². The van der Waals surface area contributed by atoms with Gasteiger partial charge in [-0.15, -0.1) is 0 Å². The van der Waals surface area contributed by atoms with E-state index in [1.54, 1.807) is 0 Å². The van der Waals surface area contributed by atoms with Crippen molar-refractivity contribution < 1.29 is 14.5 Å². The summed E-state index contributed by atoms with van der Waals surface area (Å²) in [5.41, 5.74) is -0.0784. The molecule has 2 rings (SSSR count). The first kappa shape index (κ1) is 15.6. The van der Waals surface area contributed by atoms with Crippen LogP contribution in [0.15, 0.2) is 12.1 Å². The Bertz CT molecular complexity index is 532. The summed E-state index contributed by atoms with van der Waals surface area (Å²) >= 11 is 1.86. The summed E-state index contributed by atoms with van der Waals surface area (Å²) in [7, 11) is 1.25. The summed E-state index contributed by atoms with van der Waals surface area (Å²) in [6, 6.07) is 2.57. The molecule has 21 heavy (non-hydrogen) atoms. The Kier molecular flexibility index (Phi) is 5.38. The van der Waals surface area contributed by atoms with Crippen LogP contribution in [0.1, 0.15) is 29.8 Å². The molecule has 0 amide bonds. The number of hydrogen-bond acceptors (Lipinski definition) is 7. The molecule has 0 radical (unpaired) electrons. The van der Waals surface area contributed by atoms with E-state index in [-0.39, 0.29) is 17.2 Å². The summed E-state index contributed by atoms with van der Waals surface area (Å²) in [4.78, 5) is 26.0. The standard InChI is InChI=1S/C13H17N3O4S/c1-20-13(17)10-5-6-11(16(18)19)12(15-10)14-8-9-4-2-3-7-21-9/h5-6,9H,2-4,7-8H2,1H3,(H,14,15). The number of pyridine rings is 1. The second-order valence-corrected chi connectivity index (χ2v) is 6.09. The molecule has 1 aromatic heterocycles. The Morgan fingerprint density at radius 3 is 3.00 bits per heavy atom. The first-order chi connectivity index (χ1) is 10.1. The molecule has 1 aliphatic heterocycles. The summed E-state index contributed by atoms with van der Waals surface area (Å²) < 4.78 is 4.58. The average molecular weight is 311 g/mol. The zero-order chi connectivity index (χ0) is 15.2. The van der Waals surface area contributed by atoms with Gasteiger partial charge in [-0.3, -0.25) is 10.1 Å². The van der Waals surface area contributed by atoms with Crippen molar-refractivity contribution in [3.63, 3.8) is 0 Å². The van der Waals surface area contributed by atoms with Gasteiger partial charge in [-0.1, -0.05) is 6.42 Å². The molecule has 0 aromatic carbocycles. The number of rotatable bonds is 5. The highest BCUT2D eigenvalue weighted by Gasteiger charge is 2.21. The van der Waals surface area contributed by atoms with Gasteiger partial charge in [0.1, 0.15) is 0 Å². The van der Waals surface area contributed by atoms with Crippen molar-refractivity contribution in [2.75, 3.05) is 24.7 Å². The van der Waals surface area contributed by atoms with Gasteiger partial charge in [0.25, 0.3) is 0 Å². The Balaban J connectivity index is 2.13. The van der Waals surface area contributed by atoms with Crippen molar-refractivity contribution in [2.45, 2.75) is 24.5 Å². The lowest BCUT2D eigenvalue weighted by atomic mass is 10.2. The van der Waals surface area contributed by atoms with Crippen molar-refractivity contribution in [1.82, 2.24) is 4.98 Å². The number of anilines is 1. The number of methoxy groups -OCH3 is 1. The predicted molar refractivity (Wildman–Crippen MR) is 80.8 cm³/mol. The van der Waals surface area contributed by atoms with Gasteiger partial charge in [-0.05, 0) is 24.7 Å². The third-order valence-corrected chi connectivity index (χ3v) is 4.63. The third-order valence-electron chi connectivity index (χ3n) is 3.24. The fourth-order valence-electron chi connectivity index (χ4n) is 2.13. The highest BCUT2D eigenvalue weighted by atomic mass is 32.2. The van der Waals surface area contributed by atoms with E-state index in [1.807, 2.05) is 11.8 Å². The van der Waals surface area contributed by atoms with Crippen molar-refractivity contribution >= 4 is 29.2 Å². The molecule has 0 aliphatic carbocycles. The third kappa shape index (κ3) is 4.07. The zero-order valence-corrected chi connectivity index (χ0v) is 12.5. The fourth-order valence-corrected chi connectivity index (χ4v) is 3.37. The topological polar surface area (TPSA) is 94.4 Å². The molecule has 1 fully saturated rings. The van der Waals surface area contributed by atoms with Crippen LogP contribution >= 0.6 is 11.8 Å². The number of nitrogens with zero attached hydrogens (tertiary/aromatic N) is 2. The Hall–Kier alpha value is -1.83. The van der Waals surface area contributed by atoms with Gasteiger partial charge >= 0.3 is 11.7 Å². The van der Waals surface area contributed by atoms with Gasteiger partial charge in [-0.2, -0.15) is 11.8 Å². The van der Waals surface area contributed by atoms with Crippen LogP contribution in [-0.2, 0) is 4.74 Å². The number of carbonyl (C=O) groups excluding carboxylic acids is 1. The van der Waals surface area contributed by atoms with Crippen molar-refractivity contribution in [3.8, 4) is 0 Å². The normalized spacial score (nSPS) is 18.0. The predicted octanol–water partition coefficient (Wildman–Crippen LogP) is 2.47. The van der Waals surface area contributed by atoms with Crippen LogP contribution in [0, 0.1) is 10.1 Å². The Morgan fingerprint density at radius 1 is 1.57 bits per heavy atom. The molecule has 7 nitrogen and oxygen atoms in total. The molecule has 1 unspecified atom stereocenters. The van der Waals surface area contributed by atoms with Crippen LogP contribution in [0.4, 0.5) is 11.5 Å². The molecule has 1 N–H and O–H groups in total. The lowest BCUT2D eigenvalue weighted by Gasteiger charge is -2.21. The molecule has 114 valence electrons. The van der Waals surface area contributed by atoms with E-state index in [2.05, 4.69) is 15.0 Å². The van der Waals surface area contributed by atoms with E-state index in [1.165, 1.54) is 32.1 Å². The lowest BCUT2D eigenvalue weighted by molar-refractivity contribution is -0.384. The molecule has 1 aliphatic rings. The summed E-state index contributed by atoms with van der Waals surface area (Å²) in [5.74, 6) is 0.624. The molecule has 8 heteroatoms. The summed E-state index contributed by atoms with van der Waals surface area (Å²) in [6.07, 6.45) is 3.48. The van der Waals surface area contributed by atoms with Gasteiger partial charge in [-0.25, -0.2) is 9.78 Å². The first-order valence-electron chi connectivity index (χ1n) is 6.71. The Labute approximate surface area is 126 Å². The van der Waals surface area contributed by atoms with Gasteiger partial charge in [0, 0.05) is 17.9 Å². The van der Waals surface area contributed by atoms with Gasteiger partial charge in [0.15, 0.2) is 5.69 Å². The van der Waals surface area contributed by atoms with Crippen LogP contribution in [0.3, 0.4) is 0 Å². The van der Waals surface area contributed by atoms with E-state index in [4.69, 9.17) is 0 Å². The van der Waals surface area contributed by atoms with E-state index in [9.17, 15) is 14.9 Å². The Morgan fingerprint density at radius 2 is 2.38 bits per heavy atom. The number of hydrogen-bond donors (Lipinski definition) is 1. The van der Waals surface area contributed by atoms with Gasteiger partial charge in [0.2, 0.25) is 5.82 Å². The number of nitrogens with one attached hydrogen (secondary N) is 1. The number of aromatic nitrogens is 1. The first-order valence-corrected chi connectivity index (χ1v) is 7.76. The minimum Gasteiger partial charge on any atom is -0.464 e. The van der Waals surface area contributed by atoms with Crippen molar-refractivity contribution in [3.05, 3.63) is 27.9 Å². The number of ether oxygens (including phenoxy) is 1. The maximum atomic E-state index is 11.5. The number of carbonyl (C=O) groups is 1. The minimum absolute atomic E-state index is 0.0573. The lowest BCUT2D eigenvalue weighted by Crippen LogP contribution is -2.21. The maximum Gasteiger partial charge on any atom is 0.356 e. The number of thioether (sulfide) groups is 1. The monoisotopic (exact) mass is 311 g/mol. The fraction of sp³-hybridized carbons (Fsp3) is 0.538. The average Bonchev–Trinajstić information content (AvgIpc) is 2.52. The highest BCUT2D eigenvalue weighted by molar-refractivity contribution is 7.99. The molecular weight excluding hydrogens is 294 g/mol. The van der Waals surface area contributed by atoms with E-state index in [0.29, 0.717) is 11.8 Å². The van der Waals surface area contributed by atoms with E-state index < -0.39 is 10.9 Å². The second kappa shape index (κ2) is 7.26. The van der Waals surface area contributed by atoms with E-state index in [0.717, 1.165) is 12.2 Å². The molecule has 0 spiro atoms. The van der Waals surface area contributed by atoms with Gasteiger partial charge < -0.3 is 10.1 Å². The second-order valence-electron chi connectivity index (χ2n) is 4.68. The molecular formula is C13H17N3O4S. The summed E-state index contributed by atoms with van der Waals surface area (Å²) in [6.45, 7) is 0.600. The molecule has 1 aromatic rings. The molecule has 2 heterocycles. The maximum absolute atomic E-state index is 11.5. The summed E-state index contributed by atoms with van der Waals surface area (Å²) in [5, 5.41) is 14.4. The SMILES string of the molecule is COC(=O)c1ccc([N+](=O)[O-])c(NCC2CCCCS2)n1. The number of nitro groups is 1. The molecule has 0 bridgehead atoms. The van der Waals surface area contributed by atoms with Crippen LogP contribution in [-0.4, -0.2) is 40.5 Å². The molecule has 1 atom stereocenters. The van der Waals surface area contributed by atoms with Crippen LogP contribution in [0.2, 0.25) is 0 Å².